The molecule has 3 N–H and O–H groups in total. The number of aromatic nitrogens is 1. The first-order valence-electron chi connectivity index (χ1n) is 9.56. The number of halogens is 3. The highest BCUT2D eigenvalue weighted by molar-refractivity contribution is 6.02. The van der Waals surface area contributed by atoms with E-state index in [-0.39, 0.29) is 29.9 Å². The summed E-state index contributed by atoms with van der Waals surface area (Å²) in [4.78, 5) is 20.4. The highest BCUT2D eigenvalue weighted by Gasteiger charge is 2.54. The van der Waals surface area contributed by atoms with Crippen LogP contribution < -0.4 is 15.8 Å². The van der Waals surface area contributed by atoms with Crippen molar-refractivity contribution in [2.75, 3.05) is 18.5 Å². The predicted octanol–water partition coefficient (Wildman–Crippen LogP) is 3.50. The summed E-state index contributed by atoms with van der Waals surface area (Å²) in [6, 6.07) is 6.40. The average molecular weight is 436 g/mol. The monoisotopic (exact) mass is 436 g/mol. The number of carbonyl (C=O) groups excluding carboxylic acids is 1. The zero-order valence-electron chi connectivity index (χ0n) is 17.3. The fraction of sp³-hybridized carbons (Fsp3) is 0.381. The third-order valence-electron chi connectivity index (χ3n) is 4.70. The number of amides is 1. The molecule has 1 unspecified atom stereocenters. The van der Waals surface area contributed by atoms with Gasteiger partial charge in [0.2, 0.25) is 0 Å². The number of amidine groups is 1. The first kappa shape index (κ1) is 22.5. The minimum Gasteiger partial charge on any atom is -0.489 e. The number of nitrogens with one attached hydrogen (secondary N) is 1. The zero-order valence-corrected chi connectivity index (χ0v) is 17.3. The number of ether oxygens (including phenoxy) is 2. The van der Waals surface area contributed by atoms with E-state index >= 15 is 0 Å². The van der Waals surface area contributed by atoms with Crippen LogP contribution in [-0.2, 0) is 10.3 Å². The molecule has 1 atom stereocenters. The van der Waals surface area contributed by atoms with E-state index in [2.05, 4.69) is 15.3 Å². The van der Waals surface area contributed by atoms with Crippen LogP contribution in [0.25, 0.3) is 0 Å². The molecule has 3 rings (SSSR count). The van der Waals surface area contributed by atoms with Crippen LogP contribution in [-0.4, -0.2) is 42.0 Å². The van der Waals surface area contributed by atoms with Gasteiger partial charge in [0, 0.05) is 11.3 Å². The van der Waals surface area contributed by atoms with Gasteiger partial charge >= 0.3 is 0 Å². The predicted molar refractivity (Wildman–Crippen MR) is 109 cm³/mol. The zero-order chi connectivity index (χ0) is 22.8. The number of alkyl halides is 2. The number of pyridine rings is 1. The molecule has 10 heteroatoms. The van der Waals surface area contributed by atoms with E-state index in [1.807, 2.05) is 13.8 Å². The fourth-order valence-corrected chi connectivity index (χ4v) is 3.11. The summed E-state index contributed by atoms with van der Waals surface area (Å²) >= 11 is 0. The Labute approximate surface area is 177 Å². The number of benzene rings is 1. The second-order valence-electron chi connectivity index (χ2n) is 7.57. The lowest BCUT2D eigenvalue weighted by atomic mass is 9.85. The molecule has 166 valence electrons. The molecule has 0 aliphatic carbocycles. The summed E-state index contributed by atoms with van der Waals surface area (Å²) < 4.78 is 54.5. The van der Waals surface area contributed by atoms with Gasteiger partial charge in [0.25, 0.3) is 11.8 Å². The summed E-state index contributed by atoms with van der Waals surface area (Å²) in [5.41, 5.74) is 3.08. The Morgan fingerprint density at radius 2 is 2.03 bits per heavy atom. The fourth-order valence-electron chi connectivity index (χ4n) is 3.11. The smallest absolute Gasteiger partial charge is 0.299 e. The summed E-state index contributed by atoms with van der Waals surface area (Å²) in [5, 5.41) is 2.53. The molecule has 0 spiro atoms. The van der Waals surface area contributed by atoms with Gasteiger partial charge in [-0.25, -0.2) is 18.2 Å². The summed E-state index contributed by atoms with van der Waals surface area (Å²) in [6.45, 7) is 3.53. The van der Waals surface area contributed by atoms with Gasteiger partial charge in [-0.3, -0.25) is 9.79 Å². The molecule has 31 heavy (non-hydrogen) atoms. The molecule has 7 nitrogen and oxygen atoms in total. The van der Waals surface area contributed by atoms with Gasteiger partial charge in [-0.1, -0.05) is 0 Å². The number of carbonyl (C=O) groups is 1. The van der Waals surface area contributed by atoms with Crippen LogP contribution in [0.1, 0.15) is 36.8 Å². The maximum Gasteiger partial charge on any atom is 0.299 e. The molecule has 1 aliphatic heterocycles. The molecule has 0 bridgehead atoms. The van der Waals surface area contributed by atoms with Crippen molar-refractivity contribution in [3.05, 3.63) is 53.6 Å². The molecule has 0 saturated heterocycles. The normalized spacial score (nSPS) is 20.7. The Morgan fingerprint density at radius 1 is 1.29 bits per heavy atom. The van der Waals surface area contributed by atoms with Crippen molar-refractivity contribution in [1.29, 1.82) is 0 Å². The molecule has 1 aromatic heterocycles. The van der Waals surface area contributed by atoms with Crippen LogP contribution in [0.4, 0.5) is 18.9 Å². The highest BCUT2D eigenvalue weighted by atomic mass is 19.3. The van der Waals surface area contributed by atoms with Crippen LogP contribution in [0.15, 0.2) is 41.5 Å². The quantitative estimate of drug-likeness (QED) is 0.748. The van der Waals surface area contributed by atoms with Gasteiger partial charge in [-0.15, -0.1) is 0 Å². The number of nitrogens with zero attached hydrogens (tertiary/aromatic N) is 2. The Hall–Kier alpha value is -3.14. The van der Waals surface area contributed by atoms with Crippen molar-refractivity contribution in [2.45, 2.75) is 38.3 Å². The molecule has 0 fully saturated rings. The van der Waals surface area contributed by atoms with E-state index in [0.717, 1.165) is 19.1 Å². The standard InChI is InChI=1S/C21H23F3N4O3/c1-12(2)31-14-5-7-17(26-9-14)19(29)27-13-4-6-16(22)15(8-13)20(3)21(23,24)11-30-10-18(25)28-20/h4-9,12H,10-11H2,1-3H3,(H2,25,28)(H,27,29). The minimum atomic E-state index is -3.54. The molecule has 2 heterocycles. The Morgan fingerprint density at radius 3 is 2.68 bits per heavy atom. The summed E-state index contributed by atoms with van der Waals surface area (Å²) in [5.74, 6) is -4.73. The van der Waals surface area contributed by atoms with Crippen LogP contribution >= 0.6 is 0 Å². The van der Waals surface area contributed by atoms with E-state index in [1.54, 1.807) is 6.07 Å². The Bertz CT molecular complexity index is 996. The molecular formula is C21H23F3N4O3. The third kappa shape index (κ3) is 4.79. The van der Waals surface area contributed by atoms with Crippen molar-refractivity contribution < 1.29 is 27.4 Å². The topological polar surface area (TPSA) is 98.8 Å². The molecule has 0 saturated carbocycles. The van der Waals surface area contributed by atoms with E-state index in [4.69, 9.17) is 15.2 Å². The molecule has 0 radical (unpaired) electrons. The van der Waals surface area contributed by atoms with Gasteiger partial charge in [0.15, 0.2) is 5.54 Å². The van der Waals surface area contributed by atoms with Crippen molar-refractivity contribution in [3.63, 3.8) is 0 Å². The van der Waals surface area contributed by atoms with Crippen molar-refractivity contribution in [3.8, 4) is 5.75 Å². The first-order chi connectivity index (χ1) is 14.5. The van der Waals surface area contributed by atoms with Crippen molar-refractivity contribution >= 4 is 17.4 Å². The summed E-state index contributed by atoms with van der Waals surface area (Å²) in [7, 11) is 0. The lowest BCUT2D eigenvalue weighted by molar-refractivity contribution is -0.116. The van der Waals surface area contributed by atoms with E-state index in [9.17, 15) is 18.0 Å². The van der Waals surface area contributed by atoms with Gasteiger partial charge in [-0.2, -0.15) is 0 Å². The first-order valence-corrected chi connectivity index (χ1v) is 9.56. The van der Waals surface area contributed by atoms with Crippen LogP contribution in [0.3, 0.4) is 0 Å². The van der Waals surface area contributed by atoms with E-state index in [0.29, 0.717) is 5.75 Å². The van der Waals surface area contributed by atoms with E-state index < -0.39 is 35.4 Å². The maximum absolute atomic E-state index is 14.8. The molecule has 2 aromatic rings. The average Bonchev–Trinajstić information content (AvgIpc) is 2.78. The van der Waals surface area contributed by atoms with Gasteiger partial charge in [-0.05, 0) is 51.1 Å². The number of hydrogen-bond acceptors (Lipinski definition) is 6. The van der Waals surface area contributed by atoms with Gasteiger partial charge in [0.05, 0.1) is 12.3 Å². The second kappa shape index (κ2) is 8.54. The van der Waals surface area contributed by atoms with Crippen molar-refractivity contribution in [2.24, 2.45) is 10.7 Å². The van der Waals surface area contributed by atoms with Gasteiger partial charge in [0.1, 0.15) is 36.3 Å². The lowest BCUT2D eigenvalue weighted by Crippen LogP contribution is -2.45. The largest absolute Gasteiger partial charge is 0.489 e. The van der Waals surface area contributed by atoms with Gasteiger partial charge < -0.3 is 20.5 Å². The Balaban J connectivity index is 1.89. The molecular weight excluding hydrogens is 413 g/mol. The van der Waals surface area contributed by atoms with Crippen molar-refractivity contribution in [1.82, 2.24) is 4.98 Å². The SMILES string of the molecule is CC(C)Oc1ccc(C(=O)Nc2ccc(F)c(C3(C)N=C(N)COCC3(F)F)c2)nc1. The number of anilines is 1. The number of rotatable bonds is 5. The summed E-state index contributed by atoms with van der Waals surface area (Å²) in [6.07, 6.45) is 1.35. The number of nitrogens with two attached hydrogens (primary N) is 1. The molecule has 1 amide bonds. The van der Waals surface area contributed by atoms with Crippen LogP contribution in [0.2, 0.25) is 0 Å². The third-order valence-corrected chi connectivity index (χ3v) is 4.70. The Kier molecular flexibility index (Phi) is 6.21. The maximum atomic E-state index is 14.8. The van der Waals surface area contributed by atoms with Crippen LogP contribution in [0, 0.1) is 5.82 Å². The lowest BCUT2D eigenvalue weighted by Gasteiger charge is -2.33. The van der Waals surface area contributed by atoms with E-state index in [1.165, 1.54) is 18.3 Å². The number of hydrogen-bond donors (Lipinski definition) is 2. The molecule has 1 aromatic carbocycles. The van der Waals surface area contributed by atoms with Crippen LogP contribution in [0.5, 0.6) is 5.75 Å². The second-order valence-corrected chi connectivity index (χ2v) is 7.57. The minimum absolute atomic E-state index is 0.0512. The highest BCUT2D eigenvalue weighted by Crippen LogP contribution is 2.44. The number of aliphatic imine (C=N–C) groups is 1. The molecule has 1 aliphatic rings.